The van der Waals surface area contributed by atoms with Gasteiger partial charge in [0, 0.05) is 5.69 Å². The summed E-state index contributed by atoms with van der Waals surface area (Å²) in [6.07, 6.45) is 2.49. The molecule has 2 N–H and O–H groups in total. The van der Waals surface area contributed by atoms with E-state index in [4.69, 9.17) is 11.6 Å². The molecule has 6 heteroatoms. The number of anilines is 4. The van der Waals surface area contributed by atoms with Gasteiger partial charge in [-0.3, -0.25) is 0 Å². The highest BCUT2D eigenvalue weighted by Crippen LogP contribution is 2.26. The Labute approximate surface area is 146 Å². The topological polar surface area (TPSA) is 62.7 Å². The Hall–Kier alpha value is -2.66. The van der Waals surface area contributed by atoms with E-state index in [-0.39, 0.29) is 0 Å². The molecule has 0 aliphatic heterocycles. The van der Waals surface area contributed by atoms with E-state index >= 15 is 0 Å². The van der Waals surface area contributed by atoms with Crippen molar-refractivity contribution in [2.75, 3.05) is 10.6 Å². The van der Waals surface area contributed by atoms with E-state index in [1.165, 1.54) is 5.56 Å². The zero-order valence-corrected chi connectivity index (χ0v) is 14.3. The summed E-state index contributed by atoms with van der Waals surface area (Å²) in [5.74, 6) is 1.02. The van der Waals surface area contributed by atoms with Gasteiger partial charge in [-0.2, -0.15) is 10.1 Å². The van der Waals surface area contributed by atoms with Gasteiger partial charge in [-0.25, -0.2) is 0 Å². The fourth-order valence-corrected chi connectivity index (χ4v) is 2.61. The quantitative estimate of drug-likeness (QED) is 0.693. The SMILES string of the molecule is CCc1cccc(C)c1Nc1nncc(Nc2ccccc2Cl)n1. The lowest BCUT2D eigenvalue weighted by Gasteiger charge is -2.13. The van der Waals surface area contributed by atoms with Gasteiger partial charge in [0.1, 0.15) is 0 Å². The maximum Gasteiger partial charge on any atom is 0.249 e. The van der Waals surface area contributed by atoms with E-state index in [1.54, 1.807) is 6.20 Å². The van der Waals surface area contributed by atoms with Crippen molar-refractivity contribution in [3.63, 3.8) is 0 Å². The molecule has 0 aliphatic carbocycles. The van der Waals surface area contributed by atoms with Gasteiger partial charge in [0.15, 0.2) is 5.82 Å². The Balaban J connectivity index is 1.85. The van der Waals surface area contributed by atoms with Gasteiger partial charge in [-0.1, -0.05) is 48.9 Å². The number of aromatic nitrogens is 3. The molecule has 0 radical (unpaired) electrons. The number of rotatable bonds is 5. The van der Waals surface area contributed by atoms with Crippen molar-refractivity contribution in [1.29, 1.82) is 0 Å². The smallest absolute Gasteiger partial charge is 0.249 e. The van der Waals surface area contributed by atoms with Crippen LogP contribution in [-0.2, 0) is 6.42 Å². The highest BCUT2D eigenvalue weighted by molar-refractivity contribution is 6.33. The van der Waals surface area contributed by atoms with Gasteiger partial charge in [-0.15, -0.1) is 5.10 Å². The lowest BCUT2D eigenvalue weighted by atomic mass is 10.1. The third kappa shape index (κ3) is 3.63. The number of benzene rings is 2. The van der Waals surface area contributed by atoms with Crippen LogP contribution in [0, 0.1) is 6.92 Å². The number of hydrogen-bond donors (Lipinski definition) is 2. The normalized spacial score (nSPS) is 10.5. The molecule has 1 aromatic heterocycles. The van der Waals surface area contributed by atoms with Crippen molar-refractivity contribution in [2.24, 2.45) is 0 Å². The van der Waals surface area contributed by atoms with Crippen LogP contribution in [0.4, 0.5) is 23.1 Å². The van der Waals surface area contributed by atoms with Crippen molar-refractivity contribution in [1.82, 2.24) is 15.2 Å². The number of aryl methyl sites for hydroxylation is 2. The first-order valence-electron chi connectivity index (χ1n) is 7.74. The summed E-state index contributed by atoms with van der Waals surface area (Å²) in [4.78, 5) is 4.47. The second kappa shape index (κ2) is 7.27. The molecule has 0 atom stereocenters. The Bertz CT molecular complexity index is 850. The molecule has 0 fully saturated rings. The van der Waals surface area contributed by atoms with Crippen LogP contribution >= 0.6 is 11.6 Å². The summed E-state index contributed by atoms with van der Waals surface area (Å²) < 4.78 is 0. The van der Waals surface area contributed by atoms with E-state index in [1.807, 2.05) is 30.3 Å². The Morgan fingerprint density at radius 3 is 2.67 bits per heavy atom. The molecule has 0 aliphatic rings. The summed E-state index contributed by atoms with van der Waals surface area (Å²) in [6, 6.07) is 13.7. The largest absolute Gasteiger partial charge is 0.338 e. The van der Waals surface area contributed by atoms with Gasteiger partial charge in [0.25, 0.3) is 0 Å². The Morgan fingerprint density at radius 2 is 1.88 bits per heavy atom. The maximum absolute atomic E-state index is 6.16. The number of hydrogen-bond acceptors (Lipinski definition) is 5. The van der Waals surface area contributed by atoms with Crippen LogP contribution in [0.2, 0.25) is 5.02 Å². The predicted octanol–water partition coefficient (Wildman–Crippen LogP) is 4.88. The number of halogens is 1. The van der Waals surface area contributed by atoms with Crippen LogP contribution in [0.15, 0.2) is 48.7 Å². The highest BCUT2D eigenvalue weighted by atomic mass is 35.5. The number of para-hydroxylation sites is 2. The highest BCUT2D eigenvalue weighted by Gasteiger charge is 2.08. The molecule has 0 amide bonds. The van der Waals surface area contributed by atoms with E-state index in [9.17, 15) is 0 Å². The first kappa shape index (κ1) is 16.2. The first-order chi connectivity index (χ1) is 11.7. The van der Waals surface area contributed by atoms with Crippen LogP contribution in [-0.4, -0.2) is 15.2 Å². The standard InChI is InChI=1S/C18H18ClN5/c1-3-13-8-6-7-12(2)17(13)23-18-22-16(11-20-24-18)21-15-10-5-4-9-14(15)19/h4-11H,3H2,1-2H3,(H2,21,22,23,24). The molecule has 0 unspecified atom stereocenters. The van der Waals surface area contributed by atoms with E-state index in [0.717, 1.165) is 23.4 Å². The molecule has 24 heavy (non-hydrogen) atoms. The van der Waals surface area contributed by atoms with Crippen molar-refractivity contribution in [3.8, 4) is 0 Å². The zero-order valence-electron chi connectivity index (χ0n) is 13.5. The molecule has 3 aromatic rings. The van der Waals surface area contributed by atoms with Gasteiger partial charge in [0.2, 0.25) is 5.95 Å². The predicted molar refractivity (Wildman–Crippen MR) is 98.4 cm³/mol. The first-order valence-corrected chi connectivity index (χ1v) is 8.12. The van der Waals surface area contributed by atoms with Crippen molar-refractivity contribution >= 4 is 34.7 Å². The molecule has 0 saturated heterocycles. The van der Waals surface area contributed by atoms with Gasteiger partial charge >= 0.3 is 0 Å². The zero-order chi connectivity index (χ0) is 16.9. The molecule has 1 heterocycles. The Kier molecular flexibility index (Phi) is 4.91. The molecule has 0 bridgehead atoms. The lowest BCUT2D eigenvalue weighted by Crippen LogP contribution is -2.05. The van der Waals surface area contributed by atoms with Crippen molar-refractivity contribution in [2.45, 2.75) is 20.3 Å². The molecular formula is C18H18ClN5. The molecule has 122 valence electrons. The molecule has 2 aromatic carbocycles. The average Bonchev–Trinajstić information content (AvgIpc) is 2.59. The maximum atomic E-state index is 6.16. The molecule has 0 spiro atoms. The van der Waals surface area contributed by atoms with E-state index in [0.29, 0.717) is 16.8 Å². The third-order valence-corrected chi connectivity index (χ3v) is 4.00. The number of nitrogens with one attached hydrogen (secondary N) is 2. The van der Waals surface area contributed by atoms with Gasteiger partial charge < -0.3 is 10.6 Å². The fourth-order valence-electron chi connectivity index (χ4n) is 2.43. The molecule has 0 saturated carbocycles. The lowest BCUT2D eigenvalue weighted by molar-refractivity contribution is 0.979. The second-order valence-electron chi connectivity index (χ2n) is 5.36. The minimum atomic E-state index is 0.441. The van der Waals surface area contributed by atoms with Crippen molar-refractivity contribution in [3.05, 3.63) is 64.8 Å². The average molecular weight is 340 g/mol. The van der Waals surface area contributed by atoms with Gasteiger partial charge in [-0.05, 0) is 36.6 Å². The molecular weight excluding hydrogens is 322 g/mol. The van der Waals surface area contributed by atoms with Gasteiger partial charge in [0.05, 0.1) is 16.9 Å². The number of nitrogens with zero attached hydrogens (tertiary/aromatic N) is 3. The van der Waals surface area contributed by atoms with Crippen LogP contribution < -0.4 is 10.6 Å². The molecule has 5 nitrogen and oxygen atoms in total. The Morgan fingerprint density at radius 1 is 1.04 bits per heavy atom. The summed E-state index contributed by atoms with van der Waals surface area (Å²) in [5, 5.41) is 15.1. The third-order valence-electron chi connectivity index (χ3n) is 3.67. The van der Waals surface area contributed by atoms with Crippen LogP contribution in [0.3, 0.4) is 0 Å². The van der Waals surface area contributed by atoms with Crippen LogP contribution in [0.1, 0.15) is 18.1 Å². The summed E-state index contributed by atoms with van der Waals surface area (Å²) in [6.45, 7) is 4.18. The minimum Gasteiger partial charge on any atom is -0.338 e. The van der Waals surface area contributed by atoms with Crippen molar-refractivity contribution < 1.29 is 0 Å². The fraction of sp³-hybridized carbons (Fsp3) is 0.167. The monoisotopic (exact) mass is 339 g/mol. The second-order valence-corrected chi connectivity index (χ2v) is 5.76. The van der Waals surface area contributed by atoms with Crippen LogP contribution in [0.25, 0.3) is 0 Å². The molecule has 3 rings (SSSR count). The van der Waals surface area contributed by atoms with E-state index in [2.05, 4.69) is 51.8 Å². The summed E-state index contributed by atoms with van der Waals surface area (Å²) in [7, 11) is 0. The minimum absolute atomic E-state index is 0.441. The summed E-state index contributed by atoms with van der Waals surface area (Å²) >= 11 is 6.16. The van der Waals surface area contributed by atoms with E-state index < -0.39 is 0 Å². The summed E-state index contributed by atoms with van der Waals surface area (Å²) in [5.41, 5.74) is 4.15. The van der Waals surface area contributed by atoms with Crippen LogP contribution in [0.5, 0.6) is 0 Å².